The minimum Gasteiger partial charge on any atom is -0.364 e. The van der Waals surface area contributed by atoms with Crippen LogP contribution in [0.15, 0.2) is 29.0 Å². The second kappa shape index (κ2) is 3.82. The molecule has 0 fully saturated rings. The van der Waals surface area contributed by atoms with Crippen molar-refractivity contribution in [2.45, 2.75) is 0 Å². The van der Waals surface area contributed by atoms with Crippen molar-refractivity contribution in [3.05, 3.63) is 34.7 Å². The van der Waals surface area contributed by atoms with Crippen molar-refractivity contribution < 1.29 is 4.79 Å². The molecule has 2 aromatic heterocycles. The highest BCUT2D eigenvalue weighted by Crippen LogP contribution is 2.20. The van der Waals surface area contributed by atoms with Crippen LogP contribution in [-0.2, 0) is 0 Å². The van der Waals surface area contributed by atoms with Crippen molar-refractivity contribution in [3.8, 4) is 11.3 Å². The zero-order valence-electron chi connectivity index (χ0n) is 7.57. The molecular weight excluding hydrogens is 260 g/mol. The summed E-state index contributed by atoms with van der Waals surface area (Å²) in [5.74, 6) is -0.531. The Kier molecular flexibility index (Phi) is 2.51. The smallest absolute Gasteiger partial charge is 0.266 e. The van der Waals surface area contributed by atoms with Gasteiger partial charge in [0, 0.05) is 22.4 Å². The van der Waals surface area contributed by atoms with E-state index in [2.05, 4.69) is 31.1 Å². The second-order valence-electron chi connectivity index (χ2n) is 2.92. The lowest BCUT2D eigenvalue weighted by Gasteiger charge is -1.94. The van der Waals surface area contributed by atoms with Gasteiger partial charge in [0.15, 0.2) is 0 Å². The number of hydrogen-bond acceptors (Lipinski definition) is 3. The average Bonchev–Trinajstić information content (AvgIpc) is 2.66. The van der Waals surface area contributed by atoms with Crippen LogP contribution < -0.4 is 5.73 Å². The van der Waals surface area contributed by atoms with Crippen LogP contribution >= 0.6 is 15.9 Å². The molecule has 2 aromatic rings. The first-order chi connectivity index (χ1) is 7.16. The Balaban J connectivity index is 2.41. The maximum absolute atomic E-state index is 10.8. The maximum Gasteiger partial charge on any atom is 0.266 e. The predicted molar refractivity (Wildman–Crippen MR) is 58.0 cm³/mol. The molecule has 76 valence electrons. The van der Waals surface area contributed by atoms with E-state index >= 15 is 0 Å². The third kappa shape index (κ3) is 2.04. The van der Waals surface area contributed by atoms with Gasteiger partial charge in [0.2, 0.25) is 0 Å². The first-order valence-electron chi connectivity index (χ1n) is 4.13. The van der Waals surface area contributed by atoms with Crippen LogP contribution in [0.4, 0.5) is 0 Å². The maximum atomic E-state index is 10.8. The molecule has 0 aliphatic carbocycles. The van der Waals surface area contributed by atoms with Gasteiger partial charge in [-0.1, -0.05) is 0 Å². The summed E-state index contributed by atoms with van der Waals surface area (Å²) in [5.41, 5.74) is 6.83. The summed E-state index contributed by atoms with van der Waals surface area (Å²) in [7, 11) is 0. The number of amides is 1. The van der Waals surface area contributed by atoms with E-state index < -0.39 is 5.91 Å². The minimum atomic E-state index is -0.531. The number of carbonyl (C=O) groups excluding carboxylic acids is 1. The Morgan fingerprint density at radius 1 is 1.40 bits per heavy atom. The molecule has 0 aliphatic heterocycles. The Morgan fingerprint density at radius 3 is 2.80 bits per heavy atom. The van der Waals surface area contributed by atoms with Gasteiger partial charge in [0.1, 0.15) is 5.69 Å². The number of halogens is 1. The molecule has 3 N–H and O–H groups in total. The number of aromatic amines is 1. The second-order valence-corrected chi connectivity index (χ2v) is 3.84. The fourth-order valence-electron chi connectivity index (χ4n) is 1.15. The van der Waals surface area contributed by atoms with Crippen molar-refractivity contribution in [2.75, 3.05) is 0 Å². The normalized spacial score (nSPS) is 10.2. The van der Waals surface area contributed by atoms with Crippen LogP contribution in [0.25, 0.3) is 11.3 Å². The van der Waals surface area contributed by atoms with Crippen molar-refractivity contribution in [1.29, 1.82) is 0 Å². The lowest BCUT2D eigenvalue weighted by atomic mass is 10.2. The number of hydrogen-bond donors (Lipinski definition) is 2. The number of H-pyrrole nitrogens is 1. The average molecular weight is 267 g/mol. The van der Waals surface area contributed by atoms with Gasteiger partial charge in [0.05, 0.1) is 5.69 Å². The van der Waals surface area contributed by atoms with Crippen LogP contribution in [0.3, 0.4) is 0 Å². The van der Waals surface area contributed by atoms with Crippen molar-refractivity contribution in [2.24, 2.45) is 5.73 Å². The number of nitrogens with one attached hydrogen (secondary N) is 1. The van der Waals surface area contributed by atoms with E-state index in [0.29, 0.717) is 5.69 Å². The summed E-state index contributed by atoms with van der Waals surface area (Å²) < 4.78 is 0.851. The van der Waals surface area contributed by atoms with Crippen LogP contribution in [0.2, 0.25) is 0 Å². The van der Waals surface area contributed by atoms with E-state index in [0.717, 1.165) is 10.0 Å². The Labute approximate surface area is 93.8 Å². The summed E-state index contributed by atoms with van der Waals surface area (Å²) in [6.45, 7) is 0. The Hall–Kier alpha value is -1.69. The highest BCUT2D eigenvalue weighted by Gasteiger charge is 2.07. The molecule has 1 amide bonds. The molecule has 0 spiro atoms. The van der Waals surface area contributed by atoms with Crippen molar-refractivity contribution in [1.82, 2.24) is 15.2 Å². The monoisotopic (exact) mass is 266 g/mol. The first kappa shape index (κ1) is 9.85. The number of carbonyl (C=O) groups is 1. The fourth-order valence-corrected chi connectivity index (χ4v) is 1.51. The van der Waals surface area contributed by atoms with E-state index in [1.165, 1.54) is 0 Å². The highest BCUT2D eigenvalue weighted by molar-refractivity contribution is 9.10. The summed E-state index contributed by atoms with van der Waals surface area (Å²) in [6, 6.07) is 3.44. The lowest BCUT2D eigenvalue weighted by molar-refractivity contribution is 0.0995. The fraction of sp³-hybridized carbons (Fsp3) is 0. The van der Waals surface area contributed by atoms with E-state index in [9.17, 15) is 4.79 Å². The molecule has 2 rings (SSSR count). The third-order valence-corrected chi connectivity index (χ3v) is 2.28. The molecule has 0 aliphatic rings. The van der Waals surface area contributed by atoms with Crippen LogP contribution in [-0.4, -0.2) is 21.1 Å². The Morgan fingerprint density at radius 2 is 2.20 bits per heavy atom. The molecule has 5 nitrogen and oxygen atoms in total. The van der Waals surface area contributed by atoms with Crippen LogP contribution in [0, 0.1) is 0 Å². The largest absolute Gasteiger partial charge is 0.364 e. The molecule has 0 aromatic carbocycles. The Bertz CT molecular complexity index is 508. The van der Waals surface area contributed by atoms with E-state index in [4.69, 9.17) is 5.73 Å². The van der Waals surface area contributed by atoms with E-state index in [1.54, 1.807) is 18.5 Å². The third-order valence-electron chi connectivity index (χ3n) is 1.84. The molecule has 0 unspecified atom stereocenters. The van der Waals surface area contributed by atoms with Gasteiger partial charge in [-0.15, -0.1) is 0 Å². The van der Waals surface area contributed by atoms with Crippen molar-refractivity contribution in [3.63, 3.8) is 0 Å². The zero-order valence-corrected chi connectivity index (χ0v) is 9.15. The summed E-state index contributed by atoms with van der Waals surface area (Å²) in [5, 5.41) is 6.52. The number of pyridine rings is 1. The molecule has 0 bridgehead atoms. The van der Waals surface area contributed by atoms with Crippen molar-refractivity contribution >= 4 is 21.8 Å². The molecule has 0 atom stereocenters. The number of nitrogens with two attached hydrogens (primary N) is 1. The number of primary amides is 1. The van der Waals surface area contributed by atoms with Crippen LogP contribution in [0.1, 0.15) is 10.5 Å². The van der Waals surface area contributed by atoms with Gasteiger partial charge in [-0.25, -0.2) is 0 Å². The topological polar surface area (TPSA) is 84.7 Å². The quantitative estimate of drug-likeness (QED) is 0.860. The zero-order chi connectivity index (χ0) is 10.8. The number of aromatic nitrogens is 3. The van der Waals surface area contributed by atoms with Gasteiger partial charge in [-0.2, -0.15) is 5.10 Å². The summed E-state index contributed by atoms with van der Waals surface area (Å²) in [4.78, 5) is 14.8. The molecule has 0 saturated carbocycles. The van der Waals surface area contributed by atoms with Gasteiger partial charge in [0.25, 0.3) is 5.91 Å². The van der Waals surface area contributed by atoms with Crippen LogP contribution in [0.5, 0.6) is 0 Å². The molecule has 2 heterocycles. The molecule has 0 saturated heterocycles. The molecule has 15 heavy (non-hydrogen) atoms. The van der Waals surface area contributed by atoms with Gasteiger partial charge in [-0.3, -0.25) is 14.9 Å². The van der Waals surface area contributed by atoms with E-state index in [-0.39, 0.29) is 5.69 Å². The predicted octanol–water partition coefficient (Wildman–Crippen LogP) is 1.33. The molecule has 0 radical (unpaired) electrons. The minimum absolute atomic E-state index is 0.282. The summed E-state index contributed by atoms with van der Waals surface area (Å²) in [6.07, 6.45) is 3.33. The number of nitrogens with zero attached hydrogens (tertiary/aromatic N) is 2. The summed E-state index contributed by atoms with van der Waals surface area (Å²) >= 11 is 3.30. The van der Waals surface area contributed by atoms with E-state index in [1.807, 2.05) is 6.07 Å². The standard InChI is InChI=1S/C9H7BrN4O/c10-6-1-5(3-12-4-6)7-2-8(9(11)15)14-13-7/h1-4H,(H2,11,15)(H,13,14). The van der Waals surface area contributed by atoms with Gasteiger partial charge >= 0.3 is 0 Å². The highest BCUT2D eigenvalue weighted by atomic mass is 79.9. The molecular formula is C9H7BrN4O. The number of rotatable bonds is 2. The SMILES string of the molecule is NC(=O)c1cc(-c2cncc(Br)c2)n[nH]1. The first-order valence-corrected chi connectivity index (χ1v) is 4.92. The van der Waals surface area contributed by atoms with Gasteiger partial charge in [-0.05, 0) is 28.1 Å². The molecule has 6 heteroatoms. The van der Waals surface area contributed by atoms with Gasteiger partial charge < -0.3 is 5.73 Å². The lowest BCUT2D eigenvalue weighted by Crippen LogP contribution is -2.10.